The Morgan fingerprint density at radius 2 is 1.81 bits per heavy atom. The smallest absolute Gasteiger partial charge is 0.343 e. The van der Waals surface area contributed by atoms with Gasteiger partial charge in [-0.05, 0) is 64.0 Å². The molecular formula is C25H17Br2ClO4. The average molecular weight is 577 g/mol. The maximum atomic E-state index is 12.4. The molecule has 7 heteroatoms. The molecule has 0 radical (unpaired) electrons. The summed E-state index contributed by atoms with van der Waals surface area (Å²) in [7, 11) is 1.57. The number of ether oxygens (including phenoxy) is 3. The van der Waals surface area contributed by atoms with Gasteiger partial charge in [0.25, 0.3) is 0 Å². The van der Waals surface area contributed by atoms with E-state index in [4.69, 9.17) is 25.8 Å². The maximum Gasteiger partial charge on any atom is 0.343 e. The second-order valence-electron chi connectivity index (χ2n) is 6.92. The van der Waals surface area contributed by atoms with Gasteiger partial charge in [-0.25, -0.2) is 4.79 Å². The first-order chi connectivity index (χ1) is 15.4. The van der Waals surface area contributed by atoms with E-state index in [2.05, 4.69) is 31.9 Å². The van der Waals surface area contributed by atoms with E-state index in [9.17, 15) is 4.79 Å². The molecule has 0 aliphatic carbocycles. The first-order valence-electron chi connectivity index (χ1n) is 9.60. The lowest BCUT2D eigenvalue weighted by Gasteiger charge is -2.14. The molecule has 0 atom stereocenters. The van der Waals surface area contributed by atoms with Crippen LogP contribution in [-0.2, 0) is 16.1 Å². The summed E-state index contributed by atoms with van der Waals surface area (Å²) in [5.41, 5.74) is 2.90. The fourth-order valence-electron chi connectivity index (χ4n) is 3.15. The Hall–Kier alpha value is -2.54. The highest BCUT2D eigenvalue weighted by molar-refractivity contribution is 9.10. The predicted octanol–water partition coefficient (Wildman–Crippen LogP) is 7.43. The van der Waals surface area contributed by atoms with Gasteiger partial charge in [0, 0.05) is 20.6 Å². The molecule has 1 aliphatic rings. The Bertz CT molecular complexity index is 1230. The zero-order valence-electron chi connectivity index (χ0n) is 16.9. The fraction of sp³-hybridized carbons (Fsp3) is 0.0800. The molecular weight excluding hydrogens is 560 g/mol. The number of hydrogen-bond donors (Lipinski definition) is 0. The number of cyclic esters (lactones) is 1. The zero-order valence-corrected chi connectivity index (χ0v) is 20.8. The highest BCUT2D eigenvalue weighted by atomic mass is 79.9. The molecule has 32 heavy (non-hydrogen) atoms. The van der Waals surface area contributed by atoms with Crippen molar-refractivity contribution >= 4 is 61.3 Å². The number of carbonyl (C=O) groups is 1. The molecule has 162 valence electrons. The number of hydrogen-bond acceptors (Lipinski definition) is 4. The minimum absolute atomic E-state index is 0.292. The van der Waals surface area contributed by atoms with Gasteiger partial charge in [0.05, 0.1) is 17.2 Å². The van der Waals surface area contributed by atoms with Crippen molar-refractivity contribution in [1.29, 1.82) is 0 Å². The Balaban J connectivity index is 1.59. The highest BCUT2D eigenvalue weighted by Gasteiger charge is 2.22. The lowest BCUT2D eigenvalue weighted by Crippen LogP contribution is -2.00. The van der Waals surface area contributed by atoms with E-state index in [0.29, 0.717) is 38.9 Å². The summed E-state index contributed by atoms with van der Waals surface area (Å²) in [5, 5.41) is 0.636. The number of carbonyl (C=O) groups excluding carboxylic acids is 1. The lowest BCUT2D eigenvalue weighted by atomic mass is 10.1. The summed E-state index contributed by atoms with van der Waals surface area (Å²) in [6.45, 7) is 0.292. The van der Waals surface area contributed by atoms with Gasteiger partial charge in [-0.15, -0.1) is 0 Å². The third-order valence-corrected chi connectivity index (χ3v) is 6.24. The minimum atomic E-state index is -0.406. The predicted molar refractivity (Wildman–Crippen MR) is 133 cm³/mol. The van der Waals surface area contributed by atoms with E-state index in [-0.39, 0.29) is 0 Å². The van der Waals surface area contributed by atoms with E-state index in [1.165, 1.54) is 0 Å². The largest absolute Gasteiger partial charge is 0.493 e. The molecule has 0 bridgehead atoms. The molecule has 4 rings (SSSR count). The molecule has 0 saturated carbocycles. The lowest BCUT2D eigenvalue weighted by molar-refractivity contribution is -0.130. The fourth-order valence-corrected chi connectivity index (χ4v) is 4.18. The average Bonchev–Trinajstić information content (AvgIpc) is 3.14. The third kappa shape index (κ3) is 5.09. The maximum absolute atomic E-state index is 12.4. The Morgan fingerprint density at radius 3 is 2.53 bits per heavy atom. The van der Waals surface area contributed by atoms with Crippen LogP contribution in [-0.4, -0.2) is 13.1 Å². The van der Waals surface area contributed by atoms with Gasteiger partial charge < -0.3 is 14.2 Å². The summed E-state index contributed by atoms with van der Waals surface area (Å²) in [5.74, 6) is 1.19. The quantitative estimate of drug-likeness (QED) is 0.226. The Labute approximate surface area is 207 Å². The van der Waals surface area contributed by atoms with Crippen molar-refractivity contribution in [2.45, 2.75) is 6.61 Å². The van der Waals surface area contributed by atoms with Gasteiger partial charge in [0.1, 0.15) is 12.4 Å². The molecule has 0 spiro atoms. The SMILES string of the molecule is COc1cc(/C=C2\C=C(c3ccc(Br)cc3)OC2=O)cc(Br)c1OCc1ccccc1Cl. The van der Waals surface area contributed by atoms with Gasteiger partial charge in [-0.2, -0.15) is 0 Å². The zero-order chi connectivity index (χ0) is 22.7. The molecule has 0 saturated heterocycles. The van der Waals surface area contributed by atoms with Gasteiger partial charge in [-0.1, -0.05) is 57.9 Å². The van der Waals surface area contributed by atoms with Crippen LogP contribution in [0.25, 0.3) is 11.8 Å². The standard InChI is InChI=1S/C25H17Br2ClO4/c1-30-23-12-15(11-20(27)24(23)31-14-17-4-2-3-5-21(17)28)10-18-13-22(32-25(18)29)16-6-8-19(26)9-7-16/h2-13H,14H2,1H3/b18-10+. The monoisotopic (exact) mass is 574 g/mol. The van der Waals surface area contributed by atoms with Gasteiger partial charge in [0.15, 0.2) is 11.5 Å². The van der Waals surface area contributed by atoms with Crippen molar-refractivity contribution in [3.8, 4) is 11.5 Å². The third-order valence-electron chi connectivity index (χ3n) is 4.76. The van der Waals surface area contributed by atoms with Crippen molar-refractivity contribution in [2.24, 2.45) is 0 Å². The van der Waals surface area contributed by atoms with E-state index < -0.39 is 5.97 Å². The van der Waals surface area contributed by atoms with Crippen LogP contribution >= 0.6 is 43.5 Å². The summed E-state index contributed by atoms with van der Waals surface area (Å²) in [4.78, 5) is 12.4. The van der Waals surface area contributed by atoms with Crippen molar-refractivity contribution in [2.75, 3.05) is 7.11 Å². The van der Waals surface area contributed by atoms with Crippen LogP contribution in [0.1, 0.15) is 16.7 Å². The van der Waals surface area contributed by atoms with Gasteiger partial charge in [0.2, 0.25) is 0 Å². The second-order valence-corrected chi connectivity index (χ2v) is 9.10. The molecule has 1 heterocycles. The van der Waals surface area contributed by atoms with Gasteiger partial charge >= 0.3 is 5.97 Å². The number of esters is 1. The van der Waals surface area contributed by atoms with Crippen molar-refractivity contribution < 1.29 is 19.0 Å². The van der Waals surface area contributed by atoms with Crippen LogP contribution in [0.4, 0.5) is 0 Å². The van der Waals surface area contributed by atoms with Crippen LogP contribution in [0.3, 0.4) is 0 Å². The van der Waals surface area contributed by atoms with Crippen LogP contribution in [0, 0.1) is 0 Å². The van der Waals surface area contributed by atoms with Crippen molar-refractivity contribution in [3.05, 3.63) is 103 Å². The highest BCUT2D eigenvalue weighted by Crippen LogP contribution is 2.38. The number of methoxy groups -OCH3 is 1. The molecule has 0 fully saturated rings. The summed E-state index contributed by atoms with van der Waals surface area (Å²) < 4.78 is 18.6. The summed E-state index contributed by atoms with van der Waals surface area (Å²) >= 11 is 13.2. The topological polar surface area (TPSA) is 44.8 Å². The number of benzene rings is 3. The first-order valence-corrected chi connectivity index (χ1v) is 11.6. The van der Waals surface area contributed by atoms with Crippen LogP contribution < -0.4 is 9.47 Å². The molecule has 3 aromatic rings. The molecule has 0 N–H and O–H groups in total. The normalized spacial score (nSPS) is 14.3. The molecule has 0 amide bonds. The summed E-state index contributed by atoms with van der Waals surface area (Å²) in [6, 6.07) is 18.7. The van der Waals surface area contributed by atoms with E-state index in [1.807, 2.05) is 54.6 Å². The first kappa shape index (κ1) is 22.6. The Morgan fingerprint density at radius 1 is 1.06 bits per heavy atom. The van der Waals surface area contributed by atoms with Crippen LogP contribution in [0.2, 0.25) is 5.02 Å². The molecule has 0 aromatic heterocycles. The summed E-state index contributed by atoms with van der Waals surface area (Å²) in [6.07, 6.45) is 3.48. The van der Waals surface area contributed by atoms with E-state index >= 15 is 0 Å². The number of halogens is 3. The minimum Gasteiger partial charge on any atom is -0.493 e. The molecule has 1 aliphatic heterocycles. The van der Waals surface area contributed by atoms with E-state index in [1.54, 1.807) is 25.3 Å². The second kappa shape index (κ2) is 9.94. The number of rotatable bonds is 6. The molecule has 3 aromatic carbocycles. The van der Waals surface area contributed by atoms with Crippen LogP contribution in [0.15, 0.2) is 81.3 Å². The molecule has 4 nitrogen and oxygen atoms in total. The Kier molecular flexibility index (Phi) is 7.04. The van der Waals surface area contributed by atoms with E-state index in [0.717, 1.165) is 21.2 Å². The van der Waals surface area contributed by atoms with Crippen molar-refractivity contribution in [1.82, 2.24) is 0 Å². The van der Waals surface area contributed by atoms with Crippen LogP contribution in [0.5, 0.6) is 11.5 Å². The van der Waals surface area contributed by atoms with Gasteiger partial charge in [-0.3, -0.25) is 0 Å². The molecule has 0 unspecified atom stereocenters. The van der Waals surface area contributed by atoms with Crippen molar-refractivity contribution in [3.63, 3.8) is 0 Å².